The van der Waals surface area contributed by atoms with Gasteiger partial charge in [0.1, 0.15) is 30.0 Å². The van der Waals surface area contributed by atoms with Gasteiger partial charge in [0.05, 0.1) is 10.5 Å². The first kappa shape index (κ1) is 27.7. The average molecular weight is 527 g/mol. The maximum Gasteiger partial charge on any atom is 0.158 e. The second-order valence-corrected chi connectivity index (χ2v) is 8.22. The number of aryl methyl sites for hydroxylation is 1. The number of hydrogen-bond donors (Lipinski definition) is 1. The summed E-state index contributed by atoms with van der Waals surface area (Å²) in [5, 5.41) is 3.81. The second kappa shape index (κ2) is 12.8. The molecule has 0 radical (unpaired) electrons. The first-order chi connectivity index (χ1) is 15.5. The maximum atomic E-state index is 13.3. The zero-order valence-corrected chi connectivity index (χ0v) is 21.3. The Bertz CT molecular complexity index is 1220. The molecule has 182 valence electrons. The summed E-state index contributed by atoms with van der Waals surface area (Å²) < 4.78 is 21.3. The van der Waals surface area contributed by atoms with Crippen molar-refractivity contribution < 1.29 is 9.13 Å². The third-order valence-corrected chi connectivity index (χ3v) is 5.33. The molecule has 4 aromatic rings. The summed E-state index contributed by atoms with van der Waals surface area (Å²) in [6, 6.07) is 13.8. The van der Waals surface area contributed by atoms with Gasteiger partial charge in [-0.25, -0.2) is 14.4 Å². The maximum absolute atomic E-state index is 13.3. The number of nitrogens with zero attached hydrogens (tertiary/aromatic N) is 4. The summed E-state index contributed by atoms with van der Waals surface area (Å²) in [7, 11) is 4.14. The zero-order chi connectivity index (χ0) is 22.5. The SMILES string of the molecule is CN(C)CCCn1ccc2ncnc(Nc3ccc(OCc4cccc(F)c4)c(Cl)c3)c21.Cl.Cl. The lowest BCUT2D eigenvalue weighted by molar-refractivity contribution is 0.306. The van der Waals surface area contributed by atoms with Crippen LogP contribution in [-0.2, 0) is 13.2 Å². The highest BCUT2D eigenvalue weighted by Crippen LogP contribution is 2.31. The van der Waals surface area contributed by atoms with Gasteiger partial charge in [-0.2, -0.15) is 0 Å². The van der Waals surface area contributed by atoms with Crippen molar-refractivity contribution in [1.82, 2.24) is 19.4 Å². The molecule has 0 unspecified atom stereocenters. The number of nitrogens with one attached hydrogen (secondary N) is 1. The lowest BCUT2D eigenvalue weighted by Crippen LogP contribution is -2.15. The lowest BCUT2D eigenvalue weighted by atomic mass is 10.2. The van der Waals surface area contributed by atoms with Crippen molar-refractivity contribution in [2.45, 2.75) is 19.6 Å². The van der Waals surface area contributed by atoms with Crippen LogP contribution in [0.25, 0.3) is 11.0 Å². The minimum Gasteiger partial charge on any atom is -0.487 e. The number of aromatic nitrogens is 3. The Balaban J connectivity index is 0.00000204. The Hall–Kier alpha value is -2.58. The van der Waals surface area contributed by atoms with Crippen molar-refractivity contribution in [3.63, 3.8) is 0 Å². The van der Waals surface area contributed by atoms with Gasteiger partial charge in [0.2, 0.25) is 0 Å². The average Bonchev–Trinajstić information content (AvgIpc) is 3.17. The molecule has 0 spiro atoms. The molecule has 34 heavy (non-hydrogen) atoms. The summed E-state index contributed by atoms with van der Waals surface area (Å²) in [6.07, 6.45) is 4.61. The fraction of sp³-hybridized carbons (Fsp3) is 0.250. The molecule has 0 amide bonds. The van der Waals surface area contributed by atoms with Crippen LogP contribution < -0.4 is 10.1 Å². The van der Waals surface area contributed by atoms with Gasteiger partial charge in [-0.3, -0.25) is 0 Å². The minimum absolute atomic E-state index is 0. The van der Waals surface area contributed by atoms with Crippen LogP contribution in [0.5, 0.6) is 5.75 Å². The number of ether oxygens (including phenoxy) is 1. The zero-order valence-electron chi connectivity index (χ0n) is 18.9. The molecule has 1 N–H and O–H groups in total. The molecule has 0 saturated heterocycles. The number of anilines is 2. The molecular formula is C24H27Cl3FN5O. The molecule has 0 aliphatic heterocycles. The lowest BCUT2D eigenvalue weighted by Gasteiger charge is -2.13. The Labute approximate surface area is 215 Å². The van der Waals surface area contributed by atoms with Gasteiger partial charge < -0.3 is 19.5 Å². The van der Waals surface area contributed by atoms with E-state index in [0.29, 0.717) is 16.6 Å². The minimum atomic E-state index is -0.292. The van der Waals surface area contributed by atoms with Crippen LogP contribution in [0.3, 0.4) is 0 Å². The van der Waals surface area contributed by atoms with Gasteiger partial charge in [0.15, 0.2) is 5.82 Å². The summed E-state index contributed by atoms with van der Waals surface area (Å²) in [4.78, 5) is 11.0. The van der Waals surface area contributed by atoms with E-state index in [4.69, 9.17) is 16.3 Å². The predicted molar refractivity (Wildman–Crippen MR) is 141 cm³/mol. The van der Waals surface area contributed by atoms with E-state index in [1.807, 2.05) is 18.3 Å². The highest BCUT2D eigenvalue weighted by atomic mass is 35.5. The second-order valence-electron chi connectivity index (χ2n) is 7.81. The topological polar surface area (TPSA) is 55.2 Å². The number of halogens is 4. The molecule has 0 fully saturated rings. The summed E-state index contributed by atoms with van der Waals surface area (Å²) >= 11 is 6.44. The van der Waals surface area contributed by atoms with Crippen LogP contribution in [0.15, 0.2) is 61.1 Å². The molecule has 0 bridgehead atoms. The number of benzene rings is 2. The third-order valence-electron chi connectivity index (χ3n) is 5.03. The Morgan fingerprint density at radius 2 is 1.91 bits per heavy atom. The fourth-order valence-electron chi connectivity index (χ4n) is 3.49. The van der Waals surface area contributed by atoms with Gasteiger partial charge in [0.25, 0.3) is 0 Å². The van der Waals surface area contributed by atoms with Crippen LogP contribution in [0.2, 0.25) is 5.02 Å². The van der Waals surface area contributed by atoms with Crippen LogP contribution >= 0.6 is 36.4 Å². The summed E-state index contributed by atoms with van der Waals surface area (Å²) in [6.45, 7) is 2.11. The standard InChI is InChI=1S/C24H25ClFN5O.2ClH/c1-30(2)10-4-11-31-12-9-21-23(31)24(28-16-27-21)29-19-7-8-22(20(25)14-19)32-15-17-5-3-6-18(26)13-17;;/h3,5-9,12-14,16H,4,10-11,15H2,1-2H3,(H,27,28,29);2*1H. The van der Waals surface area contributed by atoms with Crippen LogP contribution in [0.1, 0.15) is 12.0 Å². The van der Waals surface area contributed by atoms with Crippen molar-refractivity contribution in [3.8, 4) is 5.75 Å². The van der Waals surface area contributed by atoms with Crippen molar-refractivity contribution >= 4 is 59.0 Å². The quantitative estimate of drug-likeness (QED) is 0.276. The molecule has 0 aliphatic rings. The van der Waals surface area contributed by atoms with E-state index in [9.17, 15) is 4.39 Å². The van der Waals surface area contributed by atoms with Gasteiger partial charge in [0, 0.05) is 18.4 Å². The van der Waals surface area contributed by atoms with E-state index in [1.54, 1.807) is 30.6 Å². The smallest absolute Gasteiger partial charge is 0.158 e. The molecule has 0 saturated carbocycles. The van der Waals surface area contributed by atoms with Crippen LogP contribution in [-0.4, -0.2) is 40.1 Å². The fourth-order valence-corrected chi connectivity index (χ4v) is 3.72. The van der Waals surface area contributed by atoms with E-state index >= 15 is 0 Å². The van der Waals surface area contributed by atoms with Gasteiger partial charge in [-0.15, -0.1) is 24.8 Å². The molecule has 6 nitrogen and oxygen atoms in total. The Morgan fingerprint density at radius 1 is 1.09 bits per heavy atom. The third kappa shape index (κ3) is 6.96. The first-order valence-corrected chi connectivity index (χ1v) is 10.8. The first-order valence-electron chi connectivity index (χ1n) is 10.4. The van der Waals surface area contributed by atoms with E-state index in [1.165, 1.54) is 12.1 Å². The molecule has 0 aliphatic carbocycles. The van der Waals surface area contributed by atoms with Crippen molar-refractivity contribution in [1.29, 1.82) is 0 Å². The van der Waals surface area contributed by atoms with Gasteiger partial charge in [-0.1, -0.05) is 23.7 Å². The molecule has 2 heterocycles. The summed E-state index contributed by atoms with van der Waals surface area (Å²) in [5.41, 5.74) is 3.36. The molecule has 4 rings (SSSR count). The molecule has 10 heteroatoms. The molecule has 0 atom stereocenters. The molecule has 2 aromatic carbocycles. The van der Waals surface area contributed by atoms with Crippen molar-refractivity contribution in [2.75, 3.05) is 26.0 Å². The monoisotopic (exact) mass is 525 g/mol. The normalized spacial score (nSPS) is 10.6. The van der Waals surface area contributed by atoms with E-state index < -0.39 is 0 Å². The van der Waals surface area contributed by atoms with Crippen molar-refractivity contribution in [3.05, 3.63) is 77.5 Å². The van der Waals surface area contributed by atoms with Crippen LogP contribution in [0, 0.1) is 5.82 Å². The highest BCUT2D eigenvalue weighted by molar-refractivity contribution is 6.32. The van der Waals surface area contributed by atoms with E-state index in [-0.39, 0.29) is 37.2 Å². The Kier molecular flexibility index (Phi) is 10.4. The molecule has 2 aromatic heterocycles. The Morgan fingerprint density at radius 3 is 2.65 bits per heavy atom. The van der Waals surface area contributed by atoms with Crippen LogP contribution in [0.4, 0.5) is 15.9 Å². The molecular weight excluding hydrogens is 500 g/mol. The van der Waals surface area contributed by atoms with Gasteiger partial charge >= 0.3 is 0 Å². The number of rotatable bonds is 9. The van der Waals surface area contributed by atoms with Gasteiger partial charge in [-0.05, 0) is 69.0 Å². The summed E-state index contributed by atoms with van der Waals surface area (Å²) in [5.74, 6) is 0.954. The predicted octanol–water partition coefficient (Wildman–Crippen LogP) is 6.34. The van der Waals surface area contributed by atoms with E-state index in [2.05, 4.69) is 38.8 Å². The highest BCUT2D eigenvalue weighted by Gasteiger charge is 2.11. The van der Waals surface area contributed by atoms with Crippen molar-refractivity contribution in [2.24, 2.45) is 0 Å². The largest absolute Gasteiger partial charge is 0.487 e. The van der Waals surface area contributed by atoms with E-state index in [0.717, 1.165) is 41.8 Å². The number of hydrogen-bond acceptors (Lipinski definition) is 5. The number of fused-ring (bicyclic) bond motifs is 1.